The van der Waals surface area contributed by atoms with E-state index in [0.29, 0.717) is 28.0 Å². The van der Waals surface area contributed by atoms with Gasteiger partial charge in [0.2, 0.25) is 5.91 Å². The molecule has 1 aromatic carbocycles. The number of nitrogens with zero attached hydrogens (tertiary/aromatic N) is 3. The van der Waals surface area contributed by atoms with Crippen molar-refractivity contribution in [2.45, 2.75) is 33.9 Å². The molecular weight excluding hydrogens is 452 g/mol. The second-order valence-corrected chi connectivity index (χ2v) is 9.51. The van der Waals surface area contributed by atoms with Crippen LogP contribution in [-0.4, -0.2) is 40.1 Å². The number of hydrogen-bond donors (Lipinski definition) is 1. The van der Waals surface area contributed by atoms with Gasteiger partial charge in [-0.1, -0.05) is 26.0 Å². The Hall–Kier alpha value is -3.59. The Morgan fingerprint density at radius 1 is 1.24 bits per heavy atom. The summed E-state index contributed by atoms with van der Waals surface area (Å²) in [5, 5.41) is 8.42. The number of aryl methyl sites for hydroxylation is 1. The van der Waals surface area contributed by atoms with Crippen molar-refractivity contribution >= 4 is 39.1 Å². The van der Waals surface area contributed by atoms with Crippen LogP contribution in [0.15, 0.2) is 53.1 Å². The predicted molar refractivity (Wildman–Crippen MR) is 132 cm³/mol. The Morgan fingerprint density at radius 2 is 2.03 bits per heavy atom. The molecule has 0 radical (unpaired) electrons. The number of carbonyl (C=O) groups is 2. The van der Waals surface area contributed by atoms with E-state index < -0.39 is 0 Å². The molecule has 2 amide bonds. The van der Waals surface area contributed by atoms with Gasteiger partial charge in [0, 0.05) is 11.9 Å². The van der Waals surface area contributed by atoms with Crippen LogP contribution in [0.4, 0.5) is 5.69 Å². The highest BCUT2D eigenvalue weighted by molar-refractivity contribution is 7.20. The van der Waals surface area contributed by atoms with Gasteiger partial charge in [0.1, 0.15) is 22.9 Å². The summed E-state index contributed by atoms with van der Waals surface area (Å²) in [5.41, 5.74) is 1.43. The maximum atomic E-state index is 13.6. The van der Waals surface area contributed by atoms with Gasteiger partial charge in [-0.15, -0.1) is 11.3 Å². The summed E-state index contributed by atoms with van der Waals surface area (Å²) in [4.78, 5) is 29.5. The lowest BCUT2D eigenvalue weighted by molar-refractivity contribution is -0.117. The number of nitrogens with one attached hydrogen (secondary N) is 1. The number of ether oxygens (including phenoxy) is 1. The third-order valence-corrected chi connectivity index (χ3v) is 6.42. The van der Waals surface area contributed by atoms with Crippen LogP contribution in [0.1, 0.15) is 35.0 Å². The van der Waals surface area contributed by atoms with E-state index in [9.17, 15) is 9.59 Å². The van der Waals surface area contributed by atoms with Crippen LogP contribution >= 0.6 is 11.3 Å². The van der Waals surface area contributed by atoms with E-state index in [-0.39, 0.29) is 24.9 Å². The smallest absolute Gasteiger partial charge is 0.264 e. The first-order valence-corrected chi connectivity index (χ1v) is 11.9. The summed E-state index contributed by atoms with van der Waals surface area (Å²) >= 11 is 1.40. The first kappa shape index (κ1) is 23.6. The van der Waals surface area contributed by atoms with Crippen molar-refractivity contribution in [1.29, 1.82) is 0 Å². The summed E-state index contributed by atoms with van der Waals surface area (Å²) in [5.74, 6) is 1.02. The topological polar surface area (TPSA) is 89.6 Å². The number of furan rings is 1. The van der Waals surface area contributed by atoms with Gasteiger partial charge >= 0.3 is 0 Å². The van der Waals surface area contributed by atoms with Crippen LogP contribution in [0.3, 0.4) is 0 Å². The van der Waals surface area contributed by atoms with Crippen molar-refractivity contribution in [2.24, 2.45) is 5.92 Å². The fraction of sp³-hybridized carbons (Fsp3) is 0.320. The Kier molecular flexibility index (Phi) is 7.02. The summed E-state index contributed by atoms with van der Waals surface area (Å²) in [6, 6.07) is 12.6. The zero-order valence-electron chi connectivity index (χ0n) is 19.7. The van der Waals surface area contributed by atoms with Crippen LogP contribution in [0, 0.1) is 12.8 Å². The second kappa shape index (κ2) is 10.1. The lowest BCUT2D eigenvalue weighted by Gasteiger charge is -2.21. The molecule has 0 fully saturated rings. The SMILES string of the molecule is COc1ccccc1NC(=O)CN(Cc1ccco1)C(=O)c1cc2c(C)nn(CC(C)C)c2s1. The third-order valence-electron chi connectivity index (χ3n) is 5.29. The molecule has 0 spiro atoms. The quantitative estimate of drug-likeness (QED) is 0.366. The number of fused-ring (bicyclic) bond motifs is 1. The minimum atomic E-state index is -0.326. The molecule has 0 bridgehead atoms. The molecule has 0 atom stereocenters. The lowest BCUT2D eigenvalue weighted by atomic mass is 10.2. The normalized spacial score (nSPS) is 11.2. The fourth-order valence-electron chi connectivity index (χ4n) is 3.74. The maximum Gasteiger partial charge on any atom is 0.264 e. The highest BCUT2D eigenvalue weighted by Gasteiger charge is 2.24. The van der Waals surface area contributed by atoms with Gasteiger partial charge in [-0.2, -0.15) is 5.10 Å². The van der Waals surface area contributed by atoms with Gasteiger partial charge in [0.25, 0.3) is 5.91 Å². The highest BCUT2D eigenvalue weighted by atomic mass is 32.1. The van der Waals surface area contributed by atoms with E-state index in [1.165, 1.54) is 16.2 Å². The van der Waals surface area contributed by atoms with Crippen molar-refractivity contribution in [3.05, 3.63) is 65.1 Å². The summed E-state index contributed by atoms with van der Waals surface area (Å²) in [7, 11) is 1.54. The number of amides is 2. The number of benzene rings is 1. The van der Waals surface area contributed by atoms with E-state index in [0.717, 1.165) is 22.5 Å². The standard InChI is InChI=1S/C25H28N4O4S/c1-16(2)13-29-25-19(17(3)27-29)12-22(34-25)24(31)28(14-18-8-7-11-33-18)15-23(30)26-20-9-5-6-10-21(20)32-4/h5-12,16H,13-15H2,1-4H3,(H,26,30). The van der Waals surface area contributed by atoms with Crippen molar-refractivity contribution in [3.8, 4) is 5.75 Å². The third kappa shape index (κ3) is 5.14. The molecule has 0 saturated heterocycles. The molecule has 34 heavy (non-hydrogen) atoms. The molecule has 178 valence electrons. The monoisotopic (exact) mass is 480 g/mol. The minimum absolute atomic E-state index is 0.136. The van der Waals surface area contributed by atoms with E-state index in [2.05, 4.69) is 24.3 Å². The van der Waals surface area contributed by atoms with Gasteiger partial charge in [0.15, 0.2) is 0 Å². The van der Waals surface area contributed by atoms with Crippen molar-refractivity contribution < 1.29 is 18.7 Å². The molecule has 3 aromatic heterocycles. The molecule has 4 rings (SSSR count). The molecule has 8 nitrogen and oxygen atoms in total. The Morgan fingerprint density at radius 3 is 2.74 bits per heavy atom. The summed E-state index contributed by atoms with van der Waals surface area (Å²) in [6.45, 7) is 7.03. The number of anilines is 1. The number of thiophene rings is 1. The number of rotatable bonds is 9. The van der Waals surface area contributed by atoms with Crippen LogP contribution in [0.25, 0.3) is 10.2 Å². The second-order valence-electron chi connectivity index (χ2n) is 8.48. The van der Waals surface area contributed by atoms with E-state index >= 15 is 0 Å². The van der Waals surface area contributed by atoms with Crippen LogP contribution in [0.5, 0.6) is 5.75 Å². The molecule has 0 unspecified atom stereocenters. The summed E-state index contributed by atoms with van der Waals surface area (Å²) in [6.07, 6.45) is 1.55. The van der Waals surface area contributed by atoms with Crippen molar-refractivity contribution in [2.75, 3.05) is 19.0 Å². The molecule has 9 heteroatoms. The molecule has 4 aromatic rings. The number of aromatic nitrogens is 2. The fourth-order valence-corrected chi connectivity index (χ4v) is 4.88. The Bertz CT molecular complexity index is 1290. The van der Waals surface area contributed by atoms with Crippen molar-refractivity contribution in [3.63, 3.8) is 0 Å². The maximum absolute atomic E-state index is 13.6. The number of methoxy groups -OCH3 is 1. The van der Waals surface area contributed by atoms with Gasteiger partial charge in [-0.3, -0.25) is 14.3 Å². The zero-order valence-corrected chi connectivity index (χ0v) is 20.5. The molecule has 0 saturated carbocycles. The van der Waals surface area contributed by atoms with E-state index in [1.807, 2.05) is 29.8 Å². The van der Waals surface area contributed by atoms with Gasteiger partial charge in [-0.05, 0) is 43.2 Å². The lowest BCUT2D eigenvalue weighted by Crippen LogP contribution is -2.37. The first-order chi connectivity index (χ1) is 16.4. The number of para-hydroxylation sites is 2. The minimum Gasteiger partial charge on any atom is -0.495 e. The number of hydrogen-bond acceptors (Lipinski definition) is 6. The molecule has 1 N–H and O–H groups in total. The Balaban J connectivity index is 1.59. The highest BCUT2D eigenvalue weighted by Crippen LogP contribution is 2.30. The average molecular weight is 481 g/mol. The molecule has 3 heterocycles. The van der Waals surface area contributed by atoms with E-state index in [1.54, 1.807) is 37.6 Å². The molecular formula is C25H28N4O4S. The van der Waals surface area contributed by atoms with Gasteiger partial charge in [0.05, 0.1) is 36.2 Å². The van der Waals surface area contributed by atoms with E-state index in [4.69, 9.17) is 9.15 Å². The summed E-state index contributed by atoms with van der Waals surface area (Å²) < 4.78 is 12.7. The average Bonchev–Trinajstić information content (AvgIpc) is 3.52. The van der Waals surface area contributed by atoms with Gasteiger partial charge in [-0.25, -0.2) is 0 Å². The zero-order chi connectivity index (χ0) is 24.2. The molecule has 0 aliphatic rings. The largest absolute Gasteiger partial charge is 0.495 e. The van der Waals surface area contributed by atoms with Crippen LogP contribution in [-0.2, 0) is 17.9 Å². The number of carbonyl (C=O) groups excluding carboxylic acids is 2. The van der Waals surface area contributed by atoms with Crippen molar-refractivity contribution in [1.82, 2.24) is 14.7 Å². The van der Waals surface area contributed by atoms with Crippen LogP contribution in [0.2, 0.25) is 0 Å². The Labute approximate surface area is 202 Å². The first-order valence-electron chi connectivity index (χ1n) is 11.1. The molecule has 0 aliphatic carbocycles. The molecule has 0 aliphatic heterocycles. The van der Waals surface area contributed by atoms with Crippen LogP contribution < -0.4 is 10.1 Å². The predicted octanol–water partition coefficient (Wildman–Crippen LogP) is 4.94. The van der Waals surface area contributed by atoms with Gasteiger partial charge < -0.3 is 19.4 Å².